The van der Waals surface area contributed by atoms with Gasteiger partial charge in [0.1, 0.15) is 12.2 Å². The maximum absolute atomic E-state index is 10.9. The Morgan fingerprint density at radius 2 is 2.53 bits per heavy atom. The molecule has 0 aromatic carbocycles. The number of carbonyl (C=O) groups is 2. The van der Waals surface area contributed by atoms with Crippen LogP contribution in [0, 0.1) is 5.92 Å². The van der Waals surface area contributed by atoms with Crippen LogP contribution >= 0.6 is 11.8 Å². The van der Waals surface area contributed by atoms with Gasteiger partial charge < -0.3 is 9.90 Å². The van der Waals surface area contributed by atoms with Crippen molar-refractivity contribution >= 4 is 29.7 Å². The standard InChI is InChI=1S/C9H12N2O3S/c1-15-9(10)7(8(13)14)3-2-6(11-9)4-5-12/h2-3,5,7H,4,10H2,1H3,(H,13,14). The Balaban J connectivity index is 2.99. The zero-order valence-electron chi connectivity index (χ0n) is 8.21. The van der Waals surface area contributed by atoms with Gasteiger partial charge in [-0.25, -0.2) is 0 Å². The Kier molecular flexibility index (Phi) is 3.65. The van der Waals surface area contributed by atoms with E-state index in [-0.39, 0.29) is 6.42 Å². The largest absolute Gasteiger partial charge is 0.481 e. The second-order valence-electron chi connectivity index (χ2n) is 3.10. The molecule has 1 aliphatic rings. The summed E-state index contributed by atoms with van der Waals surface area (Å²) in [6.07, 6.45) is 5.57. The molecule has 0 spiro atoms. The summed E-state index contributed by atoms with van der Waals surface area (Å²) in [5, 5.41) is 8.94. The first-order valence-electron chi connectivity index (χ1n) is 4.31. The molecule has 1 aliphatic heterocycles. The molecule has 0 radical (unpaired) electrons. The van der Waals surface area contributed by atoms with E-state index in [1.54, 1.807) is 6.26 Å². The molecule has 1 rings (SSSR count). The molecule has 0 saturated carbocycles. The first-order valence-corrected chi connectivity index (χ1v) is 5.53. The summed E-state index contributed by atoms with van der Waals surface area (Å²) in [5.41, 5.74) is 6.36. The van der Waals surface area contributed by atoms with E-state index in [9.17, 15) is 9.59 Å². The third-order valence-corrected chi connectivity index (χ3v) is 3.13. The van der Waals surface area contributed by atoms with Gasteiger partial charge in [-0.05, 0) is 12.3 Å². The number of aliphatic carboxylic acids is 1. The van der Waals surface area contributed by atoms with Crippen LogP contribution < -0.4 is 5.73 Å². The highest BCUT2D eigenvalue weighted by Crippen LogP contribution is 2.32. The molecule has 82 valence electrons. The van der Waals surface area contributed by atoms with Crippen molar-refractivity contribution in [2.75, 3.05) is 6.26 Å². The van der Waals surface area contributed by atoms with Crippen LogP contribution in [0.2, 0.25) is 0 Å². The summed E-state index contributed by atoms with van der Waals surface area (Å²) in [7, 11) is 0. The molecule has 0 amide bonds. The van der Waals surface area contributed by atoms with Crippen molar-refractivity contribution < 1.29 is 14.7 Å². The number of allylic oxidation sites excluding steroid dienone is 1. The smallest absolute Gasteiger partial charge is 0.315 e. The lowest BCUT2D eigenvalue weighted by Crippen LogP contribution is -2.47. The number of dihydropyridines is 1. The minimum Gasteiger partial charge on any atom is -0.481 e. The van der Waals surface area contributed by atoms with Crippen molar-refractivity contribution in [1.82, 2.24) is 0 Å². The molecule has 5 nitrogen and oxygen atoms in total. The van der Waals surface area contributed by atoms with Gasteiger partial charge in [-0.3, -0.25) is 15.5 Å². The van der Waals surface area contributed by atoms with E-state index in [0.29, 0.717) is 12.0 Å². The lowest BCUT2D eigenvalue weighted by molar-refractivity contribution is -0.141. The van der Waals surface area contributed by atoms with Crippen LogP contribution in [0.1, 0.15) is 6.42 Å². The molecule has 0 saturated heterocycles. The van der Waals surface area contributed by atoms with E-state index < -0.39 is 16.9 Å². The molecule has 0 aliphatic carbocycles. The normalized spacial score (nSPS) is 29.7. The number of carboxylic acids is 1. The Morgan fingerprint density at radius 3 is 3.00 bits per heavy atom. The number of thioether (sulfide) groups is 1. The third-order valence-electron chi connectivity index (χ3n) is 2.13. The highest BCUT2D eigenvalue weighted by Gasteiger charge is 2.39. The SMILES string of the molecule is CSC1(N)N=C(CC=O)C=CC1C(=O)O. The van der Waals surface area contributed by atoms with Crippen molar-refractivity contribution in [2.24, 2.45) is 16.6 Å². The molecule has 6 heteroatoms. The van der Waals surface area contributed by atoms with Gasteiger partial charge in [0.15, 0.2) is 4.99 Å². The van der Waals surface area contributed by atoms with Gasteiger partial charge >= 0.3 is 5.97 Å². The maximum atomic E-state index is 10.9. The van der Waals surface area contributed by atoms with Crippen LogP contribution in [0.3, 0.4) is 0 Å². The average molecular weight is 228 g/mol. The van der Waals surface area contributed by atoms with Crippen molar-refractivity contribution in [2.45, 2.75) is 11.4 Å². The fourth-order valence-corrected chi connectivity index (χ4v) is 1.95. The summed E-state index contributed by atoms with van der Waals surface area (Å²) in [5.74, 6) is -1.88. The molecule has 2 atom stereocenters. The maximum Gasteiger partial charge on any atom is 0.315 e. The number of hydrogen-bond acceptors (Lipinski definition) is 5. The summed E-state index contributed by atoms with van der Waals surface area (Å²) in [6.45, 7) is 0. The van der Waals surface area contributed by atoms with Crippen LogP contribution in [-0.4, -0.2) is 34.3 Å². The molecule has 3 N–H and O–H groups in total. The Bertz CT molecular complexity index is 340. The highest BCUT2D eigenvalue weighted by atomic mass is 32.2. The van der Waals surface area contributed by atoms with Gasteiger partial charge in [0.25, 0.3) is 0 Å². The average Bonchev–Trinajstić information content (AvgIpc) is 2.18. The third kappa shape index (κ3) is 2.45. The second kappa shape index (κ2) is 4.59. The highest BCUT2D eigenvalue weighted by molar-refractivity contribution is 7.99. The molecule has 0 aromatic rings. The number of carbonyl (C=O) groups excluding carboxylic acids is 1. The molecule has 0 bridgehead atoms. The molecule has 0 fully saturated rings. The molecule has 0 aromatic heterocycles. The summed E-state index contributed by atoms with van der Waals surface area (Å²) >= 11 is 1.16. The van der Waals surface area contributed by atoms with E-state index in [1.165, 1.54) is 12.2 Å². The van der Waals surface area contributed by atoms with E-state index in [0.717, 1.165) is 11.8 Å². The van der Waals surface area contributed by atoms with Gasteiger partial charge in [0.05, 0.1) is 0 Å². The second-order valence-corrected chi connectivity index (χ2v) is 4.17. The summed E-state index contributed by atoms with van der Waals surface area (Å²) in [6, 6.07) is 0. The van der Waals surface area contributed by atoms with Gasteiger partial charge in [0, 0.05) is 12.1 Å². The van der Waals surface area contributed by atoms with Gasteiger partial charge in [-0.2, -0.15) is 0 Å². The Hall–Kier alpha value is -1.14. The molecular weight excluding hydrogens is 216 g/mol. The summed E-state index contributed by atoms with van der Waals surface area (Å²) in [4.78, 5) is 24.1. The van der Waals surface area contributed by atoms with E-state index >= 15 is 0 Å². The number of nitrogens with two attached hydrogens (primary N) is 1. The molecule has 2 unspecified atom stereocenters. The predicted octanol–water partition coefficient (Wildman–Crippen LogP) is 0.262. The van der Waals surface area contributed by atoms with Crippen LogP contribution in [0.25, 0.3) is 0 Å². The van der Waals surface area contributed by atoms with Gasteiger partial charge in [-0.1, -0.05) is 6.08 Å². The number of hydrogen-bond donors (Lipinski definition) is 2. The van der Waals surface area contributed by atoms with E-state index in [4.69, 9.17) is 10.8 Å². The number of aliphatic imine (C=N–C) groups is 1. The van der Waals surface area contributed by atoms with Gasteiger partial charge in [0.2, 0.25) is 0 Å². The molecular formula is C9H12N2O3S. The molecule has 15 heavy (non-hydrogen) atoms. The topological polar surface area (TPSA) is 92.8 Å². The minimum absolute atomic E-state index is 0.155. The van der Waals surface area contributed by atoms with Crippen molar-refractivity contribution in [1.29, 1.82) is 0 Å². The van der Waals surface area contributed by atoms with Crippen LogP contribution in [-0.2, 0) is 9.59 Å². The number of aldehydes is 1. The minimum atomic E-state index is -1.21. The lowest BCUT2D eigenvalue weighted by atomic mass is 10.0. The zero-order valence-corrected chi connectivity index (χ0v) is 9.03. The van der Waals surface area contributed by atoms with E-state index in [2.05, 4.69) is 4.99 Å². The predicted molar refractivity (Wildman–Crippen MR) is 58.8 cm³/mol. The van der Waals surface area contributed by atoms with Crippen molar-refractivity contribution in [3.8, 4) is 0 Å². The fraction of sp³-hybridized carbons (Fsp3) is 0.444. The van der Waals surface area contributed by atoms with Crippen LogP contribution in [0.5, 0.6) is 0 Å². The fourth-order valence-electron chi connectivity index (χ4n) is 1.31. The molecule has 1 heterocycles. The number of nitrogens with zero attached hydrogens (tertiary/aromatic N) is 1. The number of carboxylic acid groups (broad SMARTS) is 1. The summed E-state index contributed by atoms with van der Waals surface area (Å²) < 4.78 is 0. The van der Waals surface area contributed by atoms with E-state index in [1.807, 2.05) is 0 Å². The van der Waals surface area contributed by atoms with Crippen molar-refractivity contribution in [3.05, 3.63) is 12.2 Å². The Morgan fingerprint density at radius 1 is 1.87 bits per heavy atom. The first kappa shape index (κ1) is 11.9. The van der Waals surface area contributed by atoms with Gasteiger partial charge in [-0.15, -0.1) is 11.8 Å². The number of rotatable bonds is 4. The van der Waals surface area contributed by atoms with Crippen LogP contribution in [0.15, 0.2) is 17.1 Å². The lowest BCUT2D eigenvalue weighted by Gasteiger charge is -2.30. The van der Waals surface area contributed by atoms with Crippen LogP contribution in [0.4, 0.5) is 0 Å². The first-order chi connectivity index (χ1) is 7.03. The van der Waals surface area contributed by atoms with Crippen molar-refractivity contribution in [3.63, 3.8) is 0 Å². The Labute approximate surface area is 91.4 Å². The zero-order chi connectivity index (χ0) is 11.5. The quantitative estimate of drug-likeness (QED) is 0.532. The monoisotopic (exact) mass is 228 g/mol.